The lowest BCUT2D eigenvalue weighted by atomic mass is 9.98. The van der Waals surface area contributed by atoms with Crippen molar-refractivity contribution in [2.24, 2.45) is 11.8 Å². The molecule has 1 fully saturated rings. The number of benzene rings is 1. The molecule has 2 heterocycles. The van der Waals surface area contributed by atoms with Gasteiger partial charge in [0.2, 0.25) is 16.9 Å². The number of aromatic amines is 1. The van der Waals surface area contributed by atoms with Gasteiger partial charge in [-0.15, -0.1) is 12.6 Å². The van der Waals surface area contributed by atoms with Crippen LogP contribution in [-0.4, -0.2) is 46.4 Å². The number of rotatable bonds is 9. The fourth-order valence-corrected chi connectivity index (χ4v) is 3.95. The summed E-state index contributed by atoms with van der Waals surface area (Å²) in [5.41, 5.74) is 1.18. The molecule has 2 aromatic rings. The second-order valence-electron chi connectivity index (χ2n) is 8.34. The first-order valence-corrected chi connectivity index (χ1v) is 10.9. The molecule has 4 N–H and O–H groups in total. The van der Waals surface area contributed by atoms with Gasteiger partial charge in [0.05, 0.1) is 6.04 Å². The van der Waals surface area contributed by atoms with Crippen LogP contribution in [0.4, 0.5) is 0 Å². The number of thiol groups is 1. The van der Waals surface area contributed by atoms with Crippen LogP contribution >= 0.6 is 12.6 Å². The lowest BCUT2D eigenvalue weighted by molar-refractivity contribution is -0.128. The number of carbonyl (C=O) groups is 4. The van der Waals surface area contributed by atoms with Crippen LogP contribution in [0.3, 0.4) is 0 Å². The van der Waals surface area contributed by atoms with Crippen molar-refractivity contribution < 1.29 is 19.2 Å². The van der Waals surface area contributed by atoms with E-state index in [1.54, 1.807) is 6.07 Å². The summed E-state index contributed by atoms with van der Waals surface area (Å²) in [6.45, 7) is 4.44. The second kappa shape index (κ2) is 10.00. The maximum absolute atomic E-state index is 13.0. The molecule has 1 aromatic heterocycles. The molecule has 8 nitrogen and oxygen atoms in total. The smallest absolute Gasteiger partial charge is 0.268 e. The van der Waals surface area contributed by atoms with Crippen molar-refractivity contribution in [3.63, 3.8) is 0 Å². The maximum Gasteiger partial charge on any atom is 0.268 e. The molecule has 0 unspecified atom stereocenters. The molecule has 1 saturated heterocycles. The lowest BCUT2D eigenvalue weighted by Gasteiger charge is -2.24. The minimum Gasteiger partial charge on any atom is -0.356 e. The summed E-state index contributed by atoms with van der Waals surface area (Å²) < 4.78 is 0. The average molecular weight is 445 g/mol. The molecule has 1 aliphatic heterocycles. The number of fused-ring (bicyclic) bond motifs is 1. The van der Waals surface area contributed by atoms with Gasteiger partial charge < -0.3 is 20.9 Å². The van der Waals surface area contributed by atoms with Crippen LogP contribution < -0.4 is 16.0 Å². The van der Waals surface area contributed by atoms with Gasteiger partial charge in [0, 0.05) is 23.4 Å². The average Bonchev–Trinajstić information content (AvgIpc) is 3.32. The number of nitrogens with one attached hydrogen (secondary N) is 4. The molecular formula is C22H28N4O4S. The number of aromatic nitrogens is 1. The highest BCUT2D eigenvalue weighted by atomic mass is 32.1. The third-order valence-corrected chi connectivity index (χ3v) is 5.71. The van der Waals surface area contributed by atoms with Crippen LogP contribution in [0.2, 0.25) is 0 Å². The van der Waals surface area contributed by atoms with Crippen LogP contribution in [0.25, 0.3) is 10.9 Å². The molecule has 3 atom stereocenters. The Hall–Kier alpha value is -2.81. The molecule has 0 spiro atoms. The molecule has 3 rings (SSSR count). The van der Waals surface area contributed by atoms with Crippen molar-refractivity contribution in [1.29, 1.82) is 0 Å². The summed E-state index contributed by atoms with van der Waals surface area (Å²) >= 11 is 3.89. The third-order valence-electron chi connectivity index (χ3n) is 5.40. The van der Waals surface area contributed by atoms with Gasteiger partial charge in [0.25, 0.3) is 5.91 Å². The molecule has 1 aliphatic rings. The monoisotopic (exact) mass is 444 g/mol. The Morgan fingerprint density at radius 3 is 2.52 bits per heavy atom. The van der Waals surface area contributed by atoms with Crippen molar-refractivity contribution in [1.82, 2.24) is 20.9 Å². The summed E-state index contributed by atoms with van der Waals surface area (Å²) in [6, 6.07) is 7.51. The normalized spacial score (nSPS) is 17.9. The van der Waals surface area contributed by atoms with Crippen LogP contribution in [0.1, 0.15) is 43.6 Å². The number of hydrogen-bond donors (Lipinski definition) is 5. The predicted molar refractivity (Wildman–Crippen MR) is 121 cm³/mol. The fourth-order valence-electron chi connectivity index (χ4n) is 3.78. The zero-order chi connectivity index (χ0) is 22.5. The van der Waals surface area contributed by atoms with E-state index >= 15 is 0 Å². The zero-order valence-corrected chi connectivity index (χ0v) is 18.5. The Morgan fingerprint density at radius 2 is 1.90 bits per heavy atom. The molecule has 0 aliphatic carbocycles. The number of carbonyl (C=O) groups excluding carboxylic acids is 4. The molecule has 0 bridgehead atoms. The summed E-state index contributed by atoms with van der Waals surface area (Å²) in [5, 5.41) is 8.56. The fraction of sp³-hybridized carbons (Fsp3) is 0.455. The van der Waals surface area contributed by atoms with E-state index in [1.807, 2.05) is 38.1 Å². The summed E-state index contributed by atoms with van der Waals surface area (Å²) in [4.78, 5) is 52.7. The highest BCUT2D eigenvalue weighted by molar-refractivity contribution is 7.96. The highest BCUT2D eigenvalue weighted by Crippen LogP contribution is 2.18. The van der Waals surface area contributed by atoms with Gasteiger partial charge in [-0.25, -0.2) is 0 Å². The first-order valence-electron chi connectivity index (χ1n) is 10.4. The topological polar surface area (TPSA) is 120 Å². The van der Waals surface area contributed by atoms with Crippen LogP contribution in [-0.2, 0) is 14.4 Å². The Kier molecular flexibility index (Phi) is 7.37. The van der Waals surface area contributed by atoms with Gasteiger partial charge in [0.15, 0.2) is 0 Å². The standard InChI is InChI=1S/C22H28N4O4S/c1-12(2)9-16(25-21(29)17-10-13-5-3-4-6-15(13)24-17)20(28)26-18(22(30)31)11-14-7-8-23-19(14)27/h3-6,10,12,14,16,18,24H,7-9,11H2,1-2H3,(H,23,27)(H,25,29)(H,26,28)(H,30,31)/t14-,16-,18-/m0/s1. The number of amides is 3. The Bertz CT molecular complexity index is 954. The zero-order valence-electron chi connectivity index (χ0n) is 17.6. The van der Waals surface area contributed by atoms with E-state index in [0.29, 0.717) is 25.1 Å². The Morgan fingerprint density at radius 1 is 1.16 bits per heavy atom. The maximum atomic E-state index is 13.0. The second-order valence-corrected chi connectivity index (χ2v) is 8.78. The minimum atomic E-state index is -0.899. The molecule has 31 heavy (non-hydrogen) atoms. The van der Waals surface area contributed by atoms with E-state index < -0.39 is 29.0 Å². The van der Waals surface area contributed by atoms with E-state index in [1.165, 1.54) is 0 Å². The summed E-state index contributed by atoms with van der Waals surface area (Å²) in [6.07, 6.45) is 1.19. The van der Waals surface area contributed by atoms with Gasteiger partial charge in [0.1, 0.15) is 11.7 Å². The SMILES string of the molecule is CC(C)C[C@H](NC(=O)c1cc2ccccc2[nH]1)C(=O)N[C@@H](C[C@@H]1CCNC1=O)C(=O)S. The third kappa shape index (κ3) is 5.88. The molecule has 0 saturated carbocycles. The largest absolute Gasteiger partial charge is 0.356 e. The van der Waals surface area contributed by atoms with Crippen molar-refractivity contribution in [2.75, 3.05) is 6.54 Å². The van der Waals surface area contributed by atoms with E-state index in [2.05, 4.69) is 33.6 Å². The van der Waals surface area contributed by atoms with Gasteiger partial charge in [-0.3, -0.25) is 19.2 Å². The number of hydrogen-bond acceptors (Lipinski definition) is 4. The van der Waals surface area contributed by atoms with Crippen molar-refractivity contribution in [3.8, 4) is 0 Å². The van der Waals surface area contributed by atoms with Crippen LogP contribution in [0, 0.1) is 11.8 Å². The van der Waals surface area contributed by atoms with Gasteiger partial charge in [-0.1, -0.05) is 32.0 Å². The van der Waals surface area contributed by atoms with Gasteiger partial charge in [-0.05, 0) is 37.3 Å². The van der Waals surface area contributed by atoms with Crippen molar-refractivity contribution in [3.05, 3.63) is 36.0 Å². The highest BCUT2D eigenvalue weighted by Gasteiger charge is 2.32. The summed E-state index contributed by atoms with van der Waals surface area (Å²) in [7, 11) is 0. The first-order chi connectivity index (χ1) is 14.7. The number of para-hydroxylation sites is 1. The molecule has 166 valence electrons. The van der Waals surface area contributed by atoms with Crippen LogP contribution in [0.15, 0.2) is 30.3 Å². The molecular weight excluding hydrogens is 416 g/mol. The van der Waals surface area contributed by atoms with E-state index in [-0.39, 0.29) is 24.2 Å². The van der Waals surface area contributed by atoms with E-state index in [4.69, 9.17) is 0 Å². The molecule has 1 aromatic carbocycles. The minimum absolute atomic E-state index is 0.125. The predicted octanol–water partition coefficient (Wildman–Crippen LogP) is 1.78. The van der Waals surface area contributed by atoms with E-state index in [0.717, 1.165) is 10.9 Å². The van der Waals surface area contributed by atoms with Crippen molar-refractivity contribution in [2.45, 2.75) is 45.2 Å². The van der Waals surface area contributed by atoms with Gasteiger partial charge >= 0.3 is 0 Å². The quantitative estimate of drug-likeness (QED) is 0.379. The number of H-pyrrole nitrogens is 1. The molecule has 0 radical (unpaired) electrons. The summed E-state index contributed by atoms with van der Waals surface area (Å²) in [5.74, 6) is -1.21. The Balaban J connectivity index is 1.70. The van der Waals surface area contributed by atoms with Gasteiger partial charge in [-0.2, -0.15) is 0 Å². The Labute approximate surface area is 186 Å². The van der Waals surface area contributed by atoms with Crippen LogP contribution in [0.5, 0.6) is 0 Å². The molecule has 3 amide bonds. The first kappa shape index (κ1) is 22.9. The van der Waals surface area contributed by atoms with E-state index in [9.17, 15) is 19.2 Å². The van der Waals surface area contributed by atoms with Crippen molar-refractivity contribution >= 4 is 46.4 Å². The molecule has 9 heteroatoms. The lowest BCUT2D eigenvalue weighted by Crippen LogP contribution is -2.52.